The van der Waals surface area contributed by atoms with E-state index in [2.05, 4.69) is 20.8 Å². The third kappa shape index (κ3) is 3.50. The van der Waals surface area contributed by atoms with E-state index < -0.39 is 0 Å². The second kappa shape index (κ2) is 6.24. The Bertz CT molecular complexity index is 531. The molecule has 116 valence electrons. The fraction of sp³-hybridized carbons (Fsp3) is 0.562. The van der Waals surface area contributed by atoms with Crippen LogP contribution in [0.4, 0.5) is 0 Å². The van der Waals surface area contributed by atoms with Crippen LogP contribution < -0.4 is 4.74 Å². The van der Waals surface area contributed by atoms with Crippen molar-refractivity contribution >= 4 is 17.5 Å². The highest BCUT2D eigenvalue weighted by Gasteiger charge is 2.26. The Morgan fingerprint density at radius 2 is 1.90 bits per heavy atom. The maximum atomic E-state index is 12.7. The van der Waals surface area contributed by atoms with E-state index in [1.165, 1.54) is 7.11 Å². The Hall–Kier alpha value is -1.26. The minimum absolute atomic E-state index is 0.0526. The molecule has 1 aromatic carbocycles. The summed E-state index contributed by atoms with van der Waals surface area (Å²) in [7, 11) is 1.54. The van der Waals surface area contributed by atoms with E-state index >= 15 is 0 Å². The van der Waals surface area contributed by atoms with Crippen molar-refractivity contribution in [3.05, 3.63) is 28.3 Å². The van der Waals surface area contributed by atoms with Crippen molar-refractivity contribution in [2.75, 3.05) is 33.4 Å². The van der Waals surface area contributed by atoms with Crippen molar-refractivity contribution in [2.24, 2.45) is 0 Å². The Kier molecular flexibility index (Phi) is 4.79. The Balaban J connectivity index is 2.44. The lowest BCUT2D eigenvalue weighted by molar-refractivity contribution is 0.0301. The fourth-order valence-corrected chi connectivity index (χ4v) is 2.63. The summed E-state index contributed by atoms with van der Waals surface area (Å²) in [5.41, 5.74) is 1.46. The molecular formula is C16H22ClNO3. The number of rotatable bonds is 2. The molecule has 0 radical (unpaired) electrons. The van der Waals surface area contributed by atoms with Crippen LogP contribution in [-0.4, -0.2) is 44.2 Å². The lowest BCUT2D eigenvalue weighted by Crippen LogP contribution is -2.41. The number of carbonyl (C=O) groups is 1. The standard InChI is InChI=1S/C16H22ClNO3/c1-16(2,3)11-9-12(14(20-4)13(17)10-11)15(19)18-5-7-21-8-6-18/h9-10H,5-8H2,1-4H3. The molecular weight excluding hydrogens is 290 g/mol. The molecule has 0 spiro atoms. The van der Waals surface area contributed by atoms with E-state index in [1.807, 2.05) is 12.1 Å². The summed E-state index contributed by atoms with van der Waals surface area (Å²) in [6.07, 6.45) is 0. The van der Waals surface area contributed by atoms with Crippen molar-refractivity contribution in [3.8, 4) is 5.75 Å². The summed E-state index contributed by atoms with van der Waals surface area (Å²) >= 11 is 6.30. The first-order chi connectivity index (χ1) is 9.84. The third-order valence-electron chi connectivity index (χ3n) is 3.64. The van der Waals surface area contributed by atoms with E-state index in [0.29, 0.717) is 42.6 Å². The molecule has 0 saturated carbocycles. The molecule has 1 fully saturated rings. The van der Waals surface area contributed by atoms with Gasteiger partial charge in [-0.1, -0.05) is 32.4 Å². The largest absolute Gasteiger partial charge is 0.494 e. The molecule has 1 aliphatic heterocycles. The van der Waals surface area contributed by atoms with Crippen molar-refractivity contribution in [1.29, 1.82) is 0 Å². The highest BCUT2D eigenvalue weighted by molar-refractivity contribution is 6.32. The summed E-state index contributed by atoms with van der Waals surface area (Å²) in [4.78, 5) is 14.5. The molecule has 1 aliphatic rings. The topological polar surface area (TPSA) is 38.8 Å². The molecule has 1 amide bonds. The molecule has 1 saturated heterocycles. The molecule has 1 heterocycles. The van der Waals surface area contributed by atoms with Crippen molar-refractivity contribution in [2.45, 2.75) is 26.2 Å². The Morgan fingerprint density at radius 1 is 1.29 bits per heavy atom. The predicted molar refractivity (Wildman–Crippen MR) is 83.4 cm³/mol. The monoisotopic (exact) mass is 311 g/mol. The molecule has 4 nitrogen and oxygen atoms in total. The van der Waals surface area contributed by atoms with Crippen LogP contribution in [0.5, 0.6) is 5.75 Å². The number of carbonyl (C=O) groups excluding carboxylic acids is 1. The molecule has 1 aromatic rings. The molecule has 0 N–H and O–H groups in total. The molecule has 5 heteroatoms. The molecule has 0 aliphatic carbocycles. The smallest absolute Gasteiger partial charge is 0.257 e. The minimum atomic E-state index is -0.0874. The van der Waals surface area contributed by atoms with Gasteiger partial charge in [0.15, 0.2) is 0 Å². The van der Waals surface area contributed by atoms with Gasteiger partial charge in [-0.2, -0.15) is 0 Å². The van der Waals surface area contributed by atoms with Crippen LogP contribution in [0, 0.1) is 0 Å². The maximum absolute atomic E-state index is 12.7. The highest BCUT2D eigenvalue weighted by atomic mass is 35.5. The quantitative estimate of drug-likeness (QED) is 0.842. The number of hydrogen-bond donors (Lipinski definition) is 0. The summed E-state index contributed by atoms with van der Waals surface area (Å²) in [5, 5.41) is 0.474. The molecule has 0 atom stereocenters. The number of ether oxygens (including phenoxy) is 2. The summed E-state index contributed by atoms with van der Waals surface area (Å²) in [6.45, 7) is 8.61. The number of morpholine rings is 1. The number of hydrogen-bond acceptors (Lipinski definition) is 3. The summed E-state index contributed by atoms with van der Waals surface area (Å²) in [6, 6.07) is 3.76. The van der Waals surface area contributed by atoms with Crippen molar-refractivity contribution in [1.82, 2.24) is 4.90 Å². The zero-order chi connectivity index (χ0) is 15.6. The SMILES string of the molecule is COc1c(Cl)cc(C(C)(C)C)cc1C(=O)N1CCOCC1. The molecule has 21 heavy (non-hydrogen) atoms. The van der Waals surface area contributed by atoms with Gasteiger partial charge >= 0.3 is 0 Å². The number of amides is 1. The zero-order valence-corrected chi connectivity index (χ0v) is 13.8. The first kappa shape index (κ1) is 16.1. The van der Waals surface area contributed by atoms with Crippen LogP contribution in [-0.2, 0) is 10.2 Å². The van der Waals surface area contributed by atoms with Gasteiger partial charge in [0.1, 0.15) is 5.75 Å². The number of nitrogens with zero attached hydrogens (tertiary/aromatic N) is 1. The Morgan fingerprint density at radius 3 is 2.43 bits per heavy atom. The van der Waals surface area contributed by atoms with E-state index in [1.54, 1.807) is 4.90 Å². The van der Waals surface area contributed by atoms with Gasteiger partial charge in [0.05, 0.1) is 30.9 Å². The van der Waals surface area contributed by atoms with Crippen LogP contribution in [0.15, 0.2) is 12.1 Å². The van der Waals surface area contributed by atoms with Gasteiger partial charge in [-0.3, -0.25) is 4.79 Å². The second-order valence-electron chi connectivity index (χ2n) is 6.19. The minimum Gasteiger partial charge on any atom is -0.494 e. The average Bonchev–Trinajstić information content (AvgIpc) is 2.45. The number of methoxy groups -OCH3 is 1. The molecule has 0 bridgehead atoms. The third-order valence-corrected chi connectivity index (χ3v) is 3.92. The van der Waals surface area contributed by atoms with Crippen molar-refractivity contribution in [3.63, 3.8) is 0 Å². The maximum Gasteiger partial charge on any atom is 0.257 e. The van der Waals surface area contributed by atoms with Crippen LogP contribution in [0.1, 0.15) is 36.7 Å². The van der Waals surface area contributed by atoms with Gasteiger partial charge in [-0.15, -0.1) is 0 Å². The van der Waals surface area contributed by atoms with E-state index in [-0.39, 0.29) is 11.3 Å². The van der Waals surface area contributed by atoms with Gasteiger partial charge in [-0.05, 0) is 23.1 Å². The van der Waals surface area contributed by atoms with Gasteiger partial charge in [0, 0.05) is 13.1 Å². The number of halogens is 1. The van der Waals surface area contributed by atoms with E-state index in [9.17, 15) is 4.79 Å². The van der Waals surface area contributed by atoms with Gasteiger partial charge in [-0.25, -0.2) is 0 Å². The van der Waals surface area contributed by atoms with Crippen LogP contribution in [0.2, 0.25) is 5.02 Å². The van der Waals surface area contributed by atoms with E-state index in [4.69, 9.17) is 21.1 Å². The average molecular weight is 312 g/mol. The molecule has 2 rings (SSSR count). The van der Waals surface area contributed by atoms with Crippen LogP contribution in [0.3, 0.4) is 0 Å². The van der Waals surface area contributed by atoms with Gasteiger partial charge in [0.25, 0.3) is 5.91 Å². The first-order valence-electron chi connectivity index (χ1n) is 7.09. The first-order valence-corrected chi connectivity index (χ1v) is 7.47. The summed E-state index contributed by atoms with van der Waals surface area (Å²) < 4.78 is 10.6. The summed E-state index contributed by atoms with van der Waals surface area (Å²) in [5.74, 6) is 0.393. The molecule has 0 unspecified atom stereocenters. The fourth-order valence-electron chi connectivity index (χ4n) is 2.33. The van der Waals surface area contributed by atoms with E-state index in [0.717, 1.165) is 5.56 Å². The lowest BCUT2D eigenvalue weighted by atomic mass is 9.86. The normalized spacial score (nSPS) is 16.0. The van der Waals surface area contributed by atoms with Crippen LogP contribution in [0.25, 0.3) is 0 Å². The number of benzene rings is 1. The Labute approximate surface area is 131 Å². The predicted octanol–water partition coefficient (Wildman–Crippen LogP) is 3.12. The van der Waals surface area contributed by atoms with Crippen molar-refractivity contribution < 1.29 is 14.3 Å². The molecule has 0 aromatic heterocycles. The highest BCUT2D eigenvalue weighted by Crippen LogP contribution is 2.35. The van der Waals surface area contributed by atoms with Gasteiger partial charge in [0.2, 0.25) is 0 Å². The van der Waals surface area contributed by atoms with Gasteiger partial charge < -0.3 is 14.4 Å². The lowest BCUT2D eigenvalue weighted by Gasteiger charge is -2.28. The van der Waals surface area contributed by atoms with Crippen LogP contribution >= 0.6 is 11.6 Å². The zero-order valence-electron chi connectivity index (χ0n) is 13.0. The second-order valence-corrected chi connectivity index (χ2v) is 6.60.